The lowest BCUT2D eigenvalue weighted by Gasteiger charge is -2.36. The van der Waals surface area contributed by atoms with Gasteiger partial charge in [-0.3, -0.25) is 14.6 Å². The van der Waals surface area contributed by atoms with Gasteiger partial charge < -0.3 is 15.4 Å². The van der Waals surface area contributed by atoms with Crippen molar-refractivity contribution in [3.8, 4) is 0 Å². The number of amides is 1. The van der Waals surface area contributed by atoms with Gasteiger partial charge in [0.25, 0.3) is 5.56 Å². The number of aryl methyl sites for hydroxylation is 1. The number of hydrogen-bond acceptors (Lipinski definition) is 4. The van der Waals surface area contributed by atoms with Crippen LogP contribution in [0.15, 0.2) is 9.59 Å². The SMILES string of the molecule is Cc1[nH]c(=O)[nH]c(=O)c1CCC(=O)NCC1(O)CCC1. The molecule has 0 unspecified atom stereocenters. The molecule has 1 aromatic rings. The largest absolute Gasteiger partial charge is 0.388 e. The van der Waals surface area contributed by atoms with Gasteiger partial charge in [0.05, 0.1) is 5.60 Å². The number of carbonyl (C=O) groups is 1. The van der Waals surface area contributed by atoms with Gasteiger partial charge in [-0.05, 0) is 32.6 Å². The molecule has 0 bridgehead atoms. The number of nitrogens with one attached hydrogen (secondary N) is 3. The van der Waals surface area contributed by atoms with Crippen LogP contribution in [-0.2, 0) is 11.2 Å². The Hall–Kier alpha value is -1.89. The number of rotatable bonds is 5. The van der Waals surface area contributed by atoms with Gasteiger partial charge in [-0.15, -0.1) is 0 Å². The lowest BCUT2D eigenvalue weighted by molar-refractivity contribution is -0.123. The van der Waals surface area contributed by atoms with Crippen molar-refractivity contribution in [3.05, 3.63) is 32.1 Å². The van der Waals surface area contributed by atoms with Gasteiger partial charge in [-0.25, -0.2) is 4.79 Å². The lowest BCUT2D eigenvalue weighted by Crippen LogP contribution is -2.47. The normalized spacial score (nSPS) is 16.5. The molecule has 1 saturated carbocycles. The number of carbonyl (C=O) groups excluding carboxylic acids is 1. The molecule has 0 aromatic carbocycles. The van der Waals surface area contributed by atoms with E-state index in [0.717, 1.165) is 6.42 Å². The number of aromatic amines is 2. The molecule has 7 nitrogen and oxygen atoms in total. The number of hydrogen-bond donors (Lipinski definition) is 4. The molecule has 4 N–H and O–H groups in total. The van der Waals surface area contributed by atoms with E-state index in [2.05, 4.69) is 15.3 Å². The molecular weight excluding hydrogens is 262 g/mol. The van der Waals surface area contributed by atoms with Crippen LogP contribution in [0, 0.1) is 6.92 Å². The fourth-order valence-electron chi connectivity index (χ4n) is 2.28. The van der Waals surface area contributed by atoms with Crippen molar-refractivity contribution in [1.82, 2.24) is 15.3 Å². The zero-order chi connectivity index (χ0) is 14.8. The summed E-state index contributed by atoms with van der Waals surface area (Å²) in [4.78, 5) is 39.0. The van der Waals surface area contributed by atoms with Crippen LogP contribution in [0.4, 0.5) is 0 Å². The number of aliphatic hydroxyl groups is 1. The number of H-pyrrole nitrogens is 2. The minimum Gasteiger partial charge on any atom is -0.388 e. The van der Waals surface area contributed by atoms with E-state index in [1.54, 1.807) is 6.92 Å². The van der Waals surface area contributed by atoms with E-state index in [0.29, 0.717) is 24.1 Å². The quantitative estimate of drug-likeness (QED) is 0.573. The zero-order valence-corrected chi connectivity index (χ0v) is 11.4. The van der Waals surface area contributed by atoms with Gasteiger partial charge in [-0.2, -0.15) is 0 Å². The molecule has 1 aliphatic carbocycles. The number of aromatic nitrogens is 2. The van der Waals surface area contributed by atoms with Crippen molar-refractivity contribution >= 4 is 5.91 Å². The molecule has 20 heavy (non-hydrogen) atoms. The Morgan fingerprint density at radius 3 is 2.60 bits per heavy atom. The smallest absolute Gasteiger partial charge is 0.325 e. The Bertz CT molecular complexity index is 613. The van der Waals surface area contributed by atoms with E-state index >= 15 is 0 Å². The summed E-state index contributed by atoms with van der Waals surface area (Å²) in [7, 11) is 0. The fraction of sp³-hybridized carbons (Fsp3) is 0.615. The fourth-order valence-corrected chi connectivity index (χ4v) is 2.28. The summed E-state index contributed by atoms with van der Waals surface area (Å²) in [5.41, 5.74) is -0.878. The van der Waals surface area contributed by atoms with Gasteiger partial charge >= 0.3 is 5.69 Å². The molecule has 1 heterocycles. The Labute approximate surface area is 115 Å². The minimum atomic E-state index is -0.749. The third kappa shape index (κ3) is 3.36. The molecule has 0 radical (unpaired) electrons. The predicted octanol–water partition coefficient (Wildman–Crippen LogP) is -0.665. The Morgan fingerprint density at radius 1 is 1.35 bits per heavy atom. The second-order valence-electron chi connectivity index (χ2n) is 5.37. The summed E-state index contributed by atoms with van der Waals surface area (Å²) in [6, 6.07) is 0. The summed E-state index contributed by atoms with van der Waals surface area (Å²) in [5.74, 6) is -0.213. The van der Waals surface area contributed by atoms with Crippen molar-refractivity contribution in [1.29, 1.82) is 0 Å². The van der Waals surface area contributed by atoms with E-state index < -0.39 is 16.9 Å². The van der Waals surface area contributed by atoms with Crippen LogP contribution in [0.25, 0.3) is 0 Å². The molecule has 1 aliphatic rings. The zero-order valence-electron chi connectivity index (χ0n) is 11.4. The first-order chi connectivity index (χ1) is 9.39. The van der Waals surface area contributed by atoms with Crippen molar-refractivity contribution < 1.29 is 9.90 Å². The molecule has 0 saturated heterocycles. The average molecular weight is 281 g/mol. The van der Waals surface area contributed by atoms with E-state index in [1.165, 1.54) is 0 Å². The molecule has 2 rings (SSSR count). The molecule has 0 aliphatic heterocycles. The maximum atomic E-state index is 11.7. The van der Waals surface area contributed by atoms with Crippen molar-refractivity contribution in [2.45, 2.75) is 44.6 Å². The highest BCUT2D eigenvalue weighted by atomic mass is 16.3. The Morgan fingerprint density at radius 2 is 2.05 bits per heavy atom. The highest BCUT2D eigenvalue weighted by Gasteiger charge is 2.34. The second kappa shape index (κ2) is 5.62. The van der Waals surface area contributed by atoms with Crippen LogP contribution in [0.3, 0.4) is 0 Å². The first kappa shape index (κ1) is 14.5. The van der Waals surface area contributed by atoms with Crippen molar-refractivity contribution in [2.24, 2.45) is 0 Å². The van der Waals surface area contributed by atoms with E-state index in [9.17, 15) is 19.5 Å². The maximum absolute atomic E-state index is 11.7. The second-order valence-corrected chi connectivity index (χ2v) is 5.37. The van der Waals surface area contributed by atoms with Crippen molar-refractivity contribution in [2.75, 3.05) is 6.54 Å². The summed E-state index contributed by atoms with van der Waals surface area (Å²) in [5, 5.41) is 12.5. The van der Waals surface area contributed by atoms with Gasteiger partial charge in [0.1, 0.15) is 0 Å². The van der Waals surface area contributed by atoms with Gasteiger partial charge in [0.15, 0.2) is 0 Å². The molecule has 0 atom stereocenters. The highest BCUT2D eigenvalue weighted by molar-refractivity contribution is 5.76. The molecule has 7 heteroatoms. The molecule has 110 valence electrons. The van der Waals surface area contributed by atoms with Crippen LogP contribution in [-0.4, -0.2) is 33.1 Å². The molecule has 1 aromatic heterocycles. The Balaban J connectivity index is 1.87. The third-order valence-electron chi connectivity index (χ3n) is 3.76. The van der Waals surface area contributed by atoms with E-state index in [4.69, 9.17) is 0 Å². The average Bonchev–Trinajstić information content (AvgIpc) is 2.32. The summed E-state index contributed by atoms with van der Waals surface area (Å²) < 4.78 is 0. The summed E-state index contributed by atoms with van der Waals surface area (Å²) in [6.07, 6.45) is 2.81. The molecule has 1 fully saturated rings. The predicted molar refractivity (Wildman–Crippen MR) is 72.6 cm³/mol. The van der Waals surface area contributed by atoms with Gasteiger partial charge in [0, 0.05) is 24.2 Å². The van der Waals surface area contributed by atoms with Crippen LogP contribution in [0.2, 0.25) is 0 Å². The molecule has 1 amide bonds. The lowest BCUT2D eigenvalue weighted by atomic mass is 9.80. The van der Waals surface area contributed by atoms with Crippen LogP contribution >= 0.6 is 0 Å². The topological polar surface area (TPSA) is 115 Å². The van der Waals surface area contributed by atoms with E-state index in [1.807, 2.05) is 0 Å². The van der Waals surface area contributed by atoms with E-state index in [-0.39, 0.29) is 25.3 Å². The van der Waals surface area contributed by atoms with Crippen LogP contribution in [0.1, 0.15) is 36.9 Å². The summed E-state index contributed by atoms with van der Waals surface area (Å²) in [6.45, 7) is 1.88. The molecular formula is C13H19N3O4. The minimum absolute atomic E-state index is 0.145. The van der Waals surface area contributed by atoms with Crippen LogP contribution < -0.4 is 16.6 Å². The first-order valence-corrected chi connectivity index (χ1v) is 6.71. The monoisotopic (exact) mass is 281 g/mol. The highest BCUT2D eigenvalue weighted by Crippen LogP contribution is 2.30. The van der Waals surface area contributed by atoms with Gasteiger partial charge in [0.2, 0.25) is 5.91 Å². The summed E-state index contributed by atoms with van der Waals surface area (Å²) >= 11 is 0. The third-order valence-corrected chi connectivity index (χ3v) is 3.76. The first-order valence-electron chi connectivity index (χ1n) is 6.71. The van der Waals surface area contributed by atoms with Crippen molar-refractivity contribution in [3.63, 3.8) is 0 Å². The van der Waals surface area contributed by atoms with Crippen LogP contribution in [0.5, 0.6) is 0 Å². The maximum Gasteiger partial charge on any atom is 0.325 e. The van der Waals surface area contributed by atoms with Gasteiger partial charge in [-0.1, -0.05) is 0 Å². The standard InChI is InChI=1S/C13H19N3O4/c1-8-9(11(18)16-12(19)15-8)3-4-10(17)14-7-13(20)5-2-6-13/h20H,2-7H2,1H3,(H,14,17)(H2,15,16,18,19). The molecule has 0 spiro atoms. The Kier molecular flexibility index (Phi) is 4.08.